The molecule has 2 unspecified atom stereocenters. The molecule has 246 valence electrons. The number of nitrogens with one attached hydrogen (secondary N) is 3. The van der Waals surface area contributed by atoms with Gasteiger partial charge in [0.15, 0.2) is 0 Å². The van der Waals surface area contributed by atoms with Crippen molar-refractivity contribution in [1.82, 2.24) is 25.3 Å². The van der Waals surface area contributed by atoms with Crippen LogP contribution >= 0.6 is 0 Å². The number of H-pyrrole nitrogens is 2. The van der Waals surface area contributed by atoms with Gasteiger partial charge < -0.3 is 31.2 Å². The number of nitrogens with zero attached hydrogens (tertiary/aromatic N) is 2. The van der Waals surface area contributed by atoms with Gasteiger partial charge >= 0.3 is 71.1 Å². The van der Waals surface area contributed by atoms with E-state index in [1.807, 2.05) is 25.1 Å². The Bertz CT molecular complexity index is 1930. The van der Waals surface area contributed by atoms with E-state index in [0.29, 0.717) is 22.3 Å². The van der Waals surface area contributed by atoms with Crippen molar-refractivity contribution in [1.29, 1.82) is 0 Å². The fourth-order valence-electron chi connectivity index (χ4n) is 6.69. The van der Waals surface area contributed by atoms with Crippen LogP contribution in [-0.4, -0.2) is 120 Å². The number of carboxylic acids is 2. The molecule has 0 aromatic carbocycles. The second-order valence-electron chi connectivity index (χ2n) is 12.0. The third-order valence-electron chi connectivity index (χ3n) is 9.21. The summed E-state index contributed by atoms with van der Waals surface area (Å²) in [4.78, 5) is 54.8. The van der Waals surface area contributed by atoms with Crippen molar-refractivity contribution in [3.05, 3.63) is 68.8 Å². The van der Waals surface area contributed by atoms with E-state index in [-0.39, 0.29) is 120 Å². The molecule has 0 saturated heterocycles. The average Bonchev–Trinajstić information content (AvgIpc) is 3.72. The Balaban J connectivity index is 0.00000312. The number of allylic oxidation sites excluding steroid dienone is 1. The van der Waals surface area contributed by atoms with Crippen LogP contribution in [0.15, 0.2) is 18.2 Å². The first-order valence-corrected chi connectivity index (χ1v) is 15.9. The summed E-state index contributed by atoms with van der Waals surface area (Å²) in [5.74, 6) is -2.99. The normalized spacial score (nSPS) is 15.2. The topological polar surface area (TPSA) is 187 Å². The molecule has 0 spiro atoms. The number of aromatic amines is 2. The van der Waals surface area contributed by atoms with Gasteiger partial charge in [-0.2, -0.15) is 0 Å². The van der Waals surface area contributed by atoms with Crippen molar-refractivity contribution < 1.29 is 24.6 Å². The van der Waals surface area contributed by atoms with Crippen LogP contribution in [0, 0.1) is 13.8 Å². The fourth-order valence-corrected chi connectivity index (χ4v) is 6.69. The summed E-state index contributed by atoms with van der Waals surface area (Å²) in [6.45, 7) is 10.5. The zero-order valence-corrected chi connectivity index (χ0v) is 27.0. The third kappa shape index (κ3) is 7.99. The Morgan fingerprint density at radius 3 is 2.27 bits per heavy atom. The zero-order chi connectivity index (χ0) is 33.3. The van der Waals surface area contributed by atoms with E-state index in [9.17, 15) is 24.6 Å². The fraction of sp³-hybridized carbons (Fsp3) is 0.400. The molecule has 2 atom stereocenters. The Labute approximate surface area is 324 Å². The van der Waals surface area contributed by atoms with Crippen LogP contribution in [0.2, 0.25) is 0 Å². The molecule has 7 N–H and O–H groups in total. The number of hydrogen-bond acceptors (Lipinski definition) is 6. The molecule has 5 rings (SSSR count). The van der Waals surface area contributed by atoms with Crippen molar-refractivity contribution in [2.75, 3.05) is 13.1 Å². The number of aliphatic carboxylic acids is 1. The maximum atomic E-state index is 13.3. The number of hydrogen-bond donors (Lipinski definition) is 6. The summed E-state index contributed by atoms with van der Waals surface area (Å²) >= 11 is 0. The predicted octanol–water partition coefficient (Wildman–Crippen LogP) is 4.22. The number of carbonyl (C=O) groups excluding carboxylic acids is 1. The number of rotatable bonds is 10. The quantitative estimate of drug-likeness (QED) is 0.173. The molecule has 8 bridgehead atoms. The number of nitrogens with two attached hydrogens (primary N) is 1. The first-order valence-electron chi connectivity index (χ1n) is 15.9. The van der Waals surface area contributed by atoms with Gasteiger partial charge in [-0.25, -0.2) is 9.78 Å². The van der Waals surface area contributed by atoms with Crippen molar-refractivity contribution in [2.24, 2.45) is 5.73 Å². The van der Waals surface area contributed by atoms with Crippen LogP contribution in [0.5, 0.6) is 0 Å². The van der Waals surface area contributed by atoms with E-state index < -0.39 is 11.9 Å². The van der Waals surface area contributed by atoms with Gasteiger partial charge in [0.25, 0.3) is 0 Å². The molecule has 2 aliphatic heterocycles. The summed E-state index contributed by atoms with van der Waals surface area (Å²) < 4.78 is 0. The summed E-state index contributed by atoms with van der Waals surface area (Å²) in [7, 11) is 0. The van der Waals surface area contributed by atoms with Gasteiger partial charge in [-0.05, 0) is 79.6 Å². The van der Waals surface area contributed by atoms with Crippen molar-refractivity contribution in [3.8, 4) is 0 Å². The number of amides is 1. The second-order valence-corrected chi connectivity index (χ2v) is 12.0. The van der Waals surface area contributed by atoms with E-state index in [0.717, 1.165) is 52.1 Å². The minimum absolute atomic E-state index is 0. The first-order chi connectivity index (χ1) is 22.0. The standard InChI is InChI=1S/C35H42N6O5.2Na.2H/c1-6-20-12-21-13-29-22(7-2)17(3)25(39-29)15-26-18(4)23(8-9-31(43)44)33(40-26)24(14-30(42)37-11-10-36)34-32(35(45)46)19(5)27(41-34)16-28(20)38-21;;;;/h12-13,15-16,18,23,39,41H,6-11,14,36H2,1-5H3,(H,37,42)(H,43,44)(H,45,46);;;;. The van der Waals surface area contributed by atoms with Crippen molar-refractivity contribution >= 4 is 111 Å². The predicted molar refractivity (Wildman–Crippen MR) is 193 cm³/mol. The number of fused-ring (bicyclic) bond motifs is 8. The Morgan fingerprint density at radius 1 is 0.938 bits per heavy atom. The molecule has 0 aliphatic carbocycles. The molecule has 3 aromatic heterocycles. The van der Waals surface area contributed by atoms with Crippen LogP contribution in [0.1, 0.15) is 107 Å². The van der Waals surface area contributed by atoms with Crippen LogP contribution in [-0.2, 0) is 22.4 Å². The van der Waals surface area contributed by atoms with Crippen LogP contribution < -0.4 is 11.1 Å². The van der Waals surface area contributed by atoms with Crippen molar-refractivity contribution in [2.45, 2.75) is 78.6 Å². The molecule has 0 radical (unpaired) electrons. The van der Waals surface area contributed by atoms with E-state index in [1.165, 1.54) is 5.56 Å². The van der Waals surface area contributed by atoms with Gasteiger partial charge in [0.1, 0.15) is 0 Å². The summed E-state index contributed by atoms with van der Waals surface area (Å²) in [5, 5.41) is 22.9. The van der Waals surface area contributed by atoms with E-state index in [4.69, 9.17) is 15.7 Å². The number of carboxylic acid groups (broad SMARTS) is 2. The molecule has 48 heavy (non-hydrogen) atoms. The van der Waals surface area contributed by atoms with Gasteiger partial charge in [-0.3, -0.25) is 14.6 Å². The number of aryl methyl sites for hydroxylation is 3. The van der Waals surface area contributed by atoms with Gasteiger partial charge in [-0.1, -0.05) is 20.8 Å². The van der Waals surface area contributed by atoms with Gasteiger partial charge in [0.2, 0.25) is 5.91 Å². The number of carbonyl (C=O) groups is 3. The molecule has 0 fully saturated rings. The monoisotopic (exact) mass is 674 g/mol. The maximum absolute atomic E-state index is 13.3. The minimum atomic E-state index is -1.15. The van der Waals surface area contributed by atoms with Gasteiger partial charge in [0, 0.05) is 59.2 Å². The number of aromatic nitrogens is 4. The summed E-state index contributed by atoms with van der Waals surface area (Å²) in [6.07, 6.45) is 3.59. The molecule has 1 amide bonds. The first kappa shape index (κ1) is 39.7. The van der Waals surface area contributed by atoms with Crippen LogP contribution in [0.25, 0.3) is 33.7 Å². The van der Waals surface area contributed by atoms with Gasteiger partial charge in [0.05, 0.1) is 34.6 Å². The van der Waals surface area contributed by atoms with Crippen LogP contribution in [0.3, 0.4) is 0 Å². The molecular formula is C35H44N6Na2O5. The molecular weight excluding hydrogens is 630 g/mol. The average molecular weight is 675 g/mol. The molecule has 0 saturated carbocycles. The summed E-state index contributed by atoms with van der Waals surface area (Å²) in [5.41, 5.74) is 15.3. The van der Waals surface area contributed by atoms with E-state index in [2.05, 4.69) is 42.1 Å². The third-order valence-corrected chi connectivity index (χ3v) is 9.21. The van der Waals surface area contributed by atoms with Crippen molar-refractivity contribution in [3.63, 3.8) is 0 Å². The van der Waals surface area contributed by atoms with E-state index >= 15 is 0 Å². The molecule has 3 aromatic rings. The summed E-state index contributed by atoms with van der Waals surface area (Å²) in [6, 6.07) is 5.89. The molecule has 2 aliphatic rings. The zero-order valence-electron chi connectivity index (χ0n) is 27.0. The van der Waals surface area contributed by atoms with Gasteiger partial charge in [-0.15, -0.1) is 0 Å². The Kier molecular flexibility index (Phi) is 13.8. The Hall–Kier alpha value is -2.77. The van der Waals surface area contributed by atoms with Crippen LogP contribution in [0.4, 0.5) is 0 Å². The number of aromatic carboxylic acids is 1. The molecule has 5 heterocycles. The second kappa shape index (κ2) is 16.8. The molecule has 11 nitrogen and oxygen atoms in total. The Morgan fingerprint density at radius 2 is 1.65 bits per heavy atom. The molecule has 13 heteroatoms. The van der Waals surface area contributed by atoms with E-state index in [1.54, 1.807) is 6.92 Å². The SMILES string of the molecule is CCC1=Cc2cc3[nH]c(cc4nc(c(CC(=O)NCCN)c5[nH]c(cc1n2)c(C)c5C(=O)O)C(CCC(=O)O)C4C)c(C)c3CC.[NaH].[NaH].